The third-order valence-electron chi connectivity index (χ3n) is 3.82. The first-order valence-corrected chi connectivity index (χ1v) is 6.52. The highest BCUT2D eigenvalue weighted by Crippen LogP contribution is 2.28. The molecule has 2 N–H and O–H groups in total. The Morgan fingerprint density at radius 2 is 1.94 bits per heavy atom. The molecule has 18 heavy (non-hydrogen) atoms. The van der Waals surface area contributed by atoms with Gasteiger partial charge in [-0.05, 0) is 27.2 Å². The molecule has 0 saturated carbocycles. The van der Waals surface area contributed by atoms with Gasteiger partial charge in [0.1, 0.15) is 11.5 Å². The minimum absolute atomic E-state index is 0.0547. The third kappa shape index (κ3) is 2.05. The highest BCUT2D eigenvalue weighted by Gasteiger charge is 2.42. The minimum atomic E-state index is -0.176. The van der Waals surface area contributed by atoms with Gasteiger partial charge >= 0.3 is 0 Å². The van der Waals surface area contributed by atoms with E-state index in [9.17, 15) is 4.79 Å². The van der Waals surface area contributed by atoms with Gasteiger partial charge in [0.25, 0.3) is 5.91 Å². The van der Waals surface area contributed by atoms with Crippen LogP contribution in [0.1, 0.15) is 47.2 Å². The predicted octanol–water partition coefficient (Wildman–Crippen LogP) is 2.16. The smallest absolute Gasteiger partial charge is 0.257 e. The van der Waals surface area contributed by atoms with Gasteiger partial charge in [0.15, 0.2) is 0 Å². The van der Waals surface area contributed by atoms with Gasteiger partial charge in [-0.1, -0.05) is 13.3 Å². The molecule has 1 fully saturated rings. The number of hydrogen-bond donors (Lipinski definition) is 1. The van der Waals surface area contributed by atoms with E-state index in [1.165, 1.54) is 0 Å². The van der Waals surface area contributed by atoms with Crippen molar-refractivity contribution in [2.24, 2.45) is 5.73 Å². The van der Waals surface area contributed by atoms with Gasteiger partial charge in [0.2, 0.25) is 0 Å². The van der Waals surface area contributed by atoms with E-state index in [1.54, 1.807) is 0 Å². The van der Waals surface area contributed by atoms with E-state index < -0.39 is 0 Å². The third-order valence-corrected chi connectivity index (χ3v) is 3.82. The van der Waals surface area contributed by atoms with Crippen molar-refractivity contribution in [1.29, 1.82) is 0 Å². The number of hydrogen-bond acceptors (Lipinski definition) is 3. The molecule has 0 atom stereocenters. The van der Waals surface area contributed by atoms with Crippen molar-refractivity contribution < 1.29 is 9.21 Å². The lowest BCUT2D eigenvalue weighted by atomic mass is 9.85. The molecule has 0 bridgehead atoms. The molecule has 0 aromatic carbocycles. The molecule has 0 aliphatic carbocycles. The van der Waals surface area contributed by atoms with Crippen LogP contribution in [0.15, 0.2) is 4.42 Å². The highest BCUT2D eigenvalue weighted by atomic mass is 16.3. The first-order chi connectivity index (χ1) is 8.38. The van der Waals surface area contributed by atoms with Crippen molar-refractivity contribution in [1.82, 2.24) is 4.90 Å². The topological polar surface area (TPSA) is 59.5 Å². The normalized spacial score (nSPS) is 17.7. The zero-order chi connectivity index (χ0) is 13.5. The molecule has 100 valence electrons. The maximum Gasteiger partial charge on any atom is 0.257 e. The van der Waals surface area contributed by atoms with Gasteiger partial charge < -0.3 is 15.1 Å². The lowest BCUT2D eigenvalue weighted by molar-refractivity contribution is 0.0384. The fourth-order valence-electron chi connectivity index (χ4n) is 2.78. The van der Waals surface area contributed by atoms with Crippen molar-refractivity contribution >= 4 is 5.91 Å². The van der Waals surface area contributed by atoms with E-state index in [0.29, 0.717) is 24.4 Å². The van der Waals surface area contributed by atoms with Crippen molar-refractivity contribution in [3.63, 3.8) is 0 Å². The monoisotopic (exact) mass is 250 g/mol. The van der Waals surface area contributed by atoms with E-state index in [4.69, 9.17) is 10.2 Å². The minimum Gasteiger partial charge on any atom is -0.466 e. The standard InChI is InChI=1S/C14H22N2O2/c1-5-6-14(15)7-16(8-14)13(17)12-9(2)10(3)18-11(12)4/h5-8,15H2,1-4H3. The second-order valence-electron chi connectivity index (χ2n) is 5.49. The van der Waals surface area contributed by atoms with E-state index >= 15 is 0 Å². The quantitative estimate of drug-likeness (QED) is 0.894. The average molecular weight is 250 g/mol. The van der Waals surface area contributed by atoms with E-state index in [0.717, 1.165) is 24.2 Å². The summed E-state index contributed by atoms with van der Waals surface area (Å²) in [5.41, 5.74) is 7.67. The maximum absolute atomic E-state index is 12.4. The summed E-state index contributed by atoms with van der Waals surface area (Å²) in [5.74, 6) is 1.59. The van der Waals surface area contributed by atoms with Gasteiger partial charge in [-0.25, -0.2) is 0 Å². The van der Waals surface area contributed by atoms with Crippen LogP contribution in [0.2, 0.25) is 0 Å². The SMILES string of the molecule is CCCC1(N)CN(C(=O)c2c(C)oc(C)c2C)C1. The second kappa shape index (κ2) is 4.43. The summed E-state index contributed by atoms with van der Waals surface area (Å²) in [5, 5.41) is 0. The molecular formula is C14H22N2O2. The van der Waals surface area contributed by atoms with Crippen LogP contribution in [0.3, 0.4) is 0 Å². The van der Waals surface area contributed by atoms with Crippen LogP contribution < -0.4 is 5.73 Å². The molecule has 1 aromatic rings. The highest BCUT2D eigenvalue weighted by molar-refractivity contribution is 5.97. The lowest BCUT2D eigenvalue weighted by Gasteiger charge is -2.47. The Morgan fingerprint density at radius 3 is 2.39 bits per heavy atom. The molecule has 4 nitrogen and oxygen atoms in total. The summed E-state index contributed by atoms with van der Waals surface area (Å²) < 4.78 is 5.51. The molecule has 1 aliphatic heterocycles. The van der Waals surface area contributed by atoms with Crippen LogP contribution in [0.4, 0.5) is 0 Å². The van der Waals surface area contributed by atoms with E-state index in [2.05, 4.69) is 6.92 Å². The number of nitrogens with zero attached hydrogens (tertiary/aromatic N) is 1. The lowest BCUT2D eigenvalue weighted by Crippen LogP contribution is -2.68. The first kappa shape index (κ1) is 13.1. The van der Waals surface area contributed by atoms with Crippen molar-refractivity contribution in [3.05, 3.63) is 22.6 Å². The van der Waals surface area contributed by atoms with Gasteiger partial charge in [-0.3, -0.25) is 4.79 Å². The zero-order valence-electron chi connectivity index (χ0n) is 11.7. The Labute approximate surface area is 108 Å². The van der Waals surface area contributed by atoms with Crippen LogP contribution in [0.25, 0.3) is 0 Å². The number of aryl methyl sites for hydroxylation is 2. The van der Waals surface area contributed by atoms with E-state index in [-0.39, 0.29) is 11.4 Å². The Bertz CT molecular complexity index is 470. The van der Waals surface area contributed by atoms with E-state index in [1.807, 2.05) is 25.7 Å². The maximum atomic E-state index is 12.4. The second-order valence-corrected chi connectivity index (χ2v) is 5.49. The van der Waals surface area contributed by atoms with Crippen LogP contribution >= 0.6 is 0 Å². The molecule has 1 aromatic heterocycles. The van der Waals surface area contributed by atoms with Gasteiger partial charge in [-0.15, -0.1) is 0 Å². The van der Waals surface area contributed by atoms with Crippen molar-refractivity contribution in [2.45, 2.75) is 46.1 Å². The molecule has 1 aliphatic rings. The number of rotatable bonds is 3. The summed E-state index contributed by atoms with van der Waals surface area (Å²) >= 11 is 0. The van der Waals surface area contributed by atoms with Crippen LogP contribution in [0, 0.1) is 20.8 Å². The molecule has 2 rings (SSSR count). The Hall–Kier alpha value is -1.29. The Kier molecular flexibility index (Phi) is 3.23. The average Bonchev–Trinajstić information content (AvgIpc) is 2.49. The number of nitrogens with two attached hydrogens (primary N) is 1. The molecular weight excluding hydrogens is 228 g/mol. The first-order valence-electron chi connectivity index (χ1n) is 6.52. The molecule has 4 heteroatoms. The van der Waals surface area contributed by atoms with Gasteiger partial charge in [-0.2, -0.15) is 0 Å². The van der Waals surface area contributed by atoms with Crippen LogP contribution in [-0.2, 0) is 0 Å². The zero-order valence-corrected chi connectivity index (χ0v) is 11.7. The number of carbonyl (C=O) groups is 1. The predicted molar refractivity (Wildman–Crippen MR) is 70.6 cm³/mol. The number of amides is 1. The summed E-state index contributed by atoms with van der Waals surface area (Å²) in [6.07, 6.45) is 2.03. The summed E-state index contributed by atoms with van der Waals surface area (Å²) in [6.45, 7) is 9.09. The summed E-state index contributed by atoms with van der Waals surface area (Å²) in [6, 6.07) is 0. The largest absolute Gasteiger partial charge is 0.466 e. The molecule has 0 radical (unpaired) electrons. The van der Waals surface area contributed by atoms with Crippen LogP contribution in [-0.4, -0.2) is 29.4 Å². The van der Waals surface area contributed by atoms with Gasteiger partial charge in [0, 0.05) is 18.7 Å². The number of furan rings is 1. The molecule has 0 spiro atoms. The molecule has 2 heterocycles. The fraction of sp³-hybridized carbons (Fsp3) is 0.643. The van der Waals surface area contributed by atoms with Crippen LogP contribution in [0.5, 0.6) is 0 Å². The summed E-state index contributed by atoms with van der Waals surface area (Å²) in [4.78, 5) is 14.2. The van der Waals surface area contributed by atoms with Gasteiger partial charge in [0.05, 0.1) is 11.1 Å². The molecule has 0 unspecified atom stereocenters. The van der Waals surface area contributed by atoms with Crippen molar-refractivity contribution in [3.8, 4) is 0 Å². The Morgan fingerprint density at radius 1 is 1.33 bits per heavy atom. The van der Waals surface area contributed by atoms with Crippen molar-refractivity contribution in [2.75, 3.05) is 13.1 Å². The fourth-order valence-corrected chi connectivity index (χ4v) is 2.78. The number of carbonyl (C=O) groups excluding carboxylic acids is 1. The molecule has 1 saturated heterocycles. The summed E-state index contributed by atoms with van der Waals surface area (Å²) in [7, 11) is 0. The number of likely N-dealkylation sites (tertiary alicyclic amines) is 1. The molecule has 1 amide bonds. The Balaban J connectivity index is 2.11.